The lowest BCUT2D eigenvalue weighted by molar-refractivity contribution is 0.102. The summed E-state index contributed by atoms with van der Waals surface area (Å²) >= 11 is 6.57. The number of hydrogen-bond donors (Lipinski definition) is 0. The van der Waals surface area contributed by atoms with Gasteiger partial charge in [0.1, 0.15) is 22.3 Å². The number of rotatable bonds is 4. The summed E-state index contributed by atoms with van der Waals surface area (Å²) in [5.74, 6) is -3.64. The summed E-state index contributed by atoms with van der Waals surface area (Å²) < 4.78 is 50.7. The quantitative estimate of drug-likeness (QED) is 0.805. The van der Waals surface area contributed by atoms with Crippen LogP contribution in [0.25, 0.3) is 0 Å². The zero-order valence-electron chi connectivity index (χ0n) is 9.77. The van der Waals surface area contributed by atoms with E-state index in [0.29, 0.717) is 16.5 Å². The molecule has 0 spiro atoms. The number of carbonyl (C=O) groups is 1. The van der Waals surface area contributed by atoms with E-state index in [0.717, 1.165) is 17.4 Å². The second-order valence-corrected chi connectivity index (χ2v) is 7.53. The molecule has 0 aliphatic carbocycles. The first-order valence-corrected chi connectivity index (χ1v) is 8.10. The molecule has 8 heteroatoms. The molecule has 0 aliphatic heterocycles. The molecule has 0 radical (unpaired) electrons. The van der Waals surface area contributed by atoms with Gasteiger partial charge in [-0.25, -0.2) is 17.2 Å². The Balaban J connectivity index is 2.32. The van der Waals surface area contributed by atoms with Gasteiger partial charge in [0.2, 0.25) is 0 Å². The average Bonchev–Trinajstić information content (AvgIpc) is 2.78. The normalized spacial score (nSPS) is 11.6. The van der Waals surface area contributed by atoms with Gasteiger partial charge in [0.25, 0.3) is 0 Å². The first-order valence-electron chi connectivity index (χ1n) is 5.26. The maximum Gasteiger partial charge on any atom is 0.188 e. The van der Waals surface area contributed by atoms with Crippen LogP contribution in [-0.2, 0) is 9.84 Å². The third-order valence-electron chi connectivity index (χ3n) is 2.40. The zero-order chi connectivity index (χ0) is 14.9. The molecule has 1 aromatic heterocycles. The molecule has 2 aromatic rings. The summed E-state index contributed by atoms with van der Waals surface area (Å²) in [5, 5.41) is 0. The van der Waals surface area contributed by atoms with Crippen LogP contribution in [-0.4, -0.2) is 20.0 Å². The summed E-state index contributed by atoms with van der Waals surface area (Å²) in [6.07, 6.45) is 0. The van der Waals surface area contributed by atoms with Gasteiger partial charge in [-0.15, -0.1) is 11.3 Å². The van der Waals surface area contributed by atoms with E-state index in [-0.39, 0.29) is 4.88 Å². The predicted octanol–water partition coefficient (Wildman–Crippen LogP) is 3.34. The van der Waals surface area contributed by atoms with Crippen molar-refractivity contribution in [1.82, 2.24) is 0 Å². The Hall–Kier alpha value is -1.31. The molecule has 1 heterocycles. The van der Waals surface area contributed by atoms with Gasteiger partial charge in [-0.2, -0.15) is 0 Å². The molecular formula is C12H7ClF2O3S2. The number of hydrogen-bond acceptors (Lipinski definition) is 4. The number of sulfone groups is 1. The molecule has 0 unspecified atom stereocenters. The van der Waals surface area contributed by atoms with E-state index in [1.807, 2.05) is 0 Å². The Bertz CT molecular complexity index is 769. The van der Waals surface area contributed by atoms with Gasteiger partial charge in [-0.1, -0.05) is 11.6 Å². The topological polar surface area (TPSA) is 51.2 Å². The summed E-state index contributed by atoms with van der Waals surface area (Å²) in [4.78, 5) is 11.1. The molecule has 106 valence electrons. The average molecular weight is 337 g/mol. The van der Waals surface area contributed by atoms with Crippen LogP contribution >= 0.6 is 22.9 Å². The molecule has 0 bridgehead atoms. The fourth-order valence-electron chi connectivity index (χ4n) is 1.50. The Labute approximate surface area is 122 Å². The second-order valence-electron chi connectivity index (χ2n) is 3.86. The van der Waals surface area contributed by atoms with Crippen molar-refractivity contribution in [1.29, 1.82) is 0 Å². The molecule has 0 saturated heterocycles. The molecule has 3 nitrogen and oxygen atoms in total. The minimum absolute atomic E-state index is 0.149. The van der Waals surface area contributed by atoms with Crippen LogP contribution in [0.3, 0.4) is 0 Å². The maximum atomic E-state index is 13.4. The molecule has 20 heavy (non-hydrogen) atoms. The SMILES string of the molecule is O=C(CS(=O)(=O)c1cc(F)ccc1F)c1ccc(Cl)s1. The predicted molar refractivity (Wildman–Crippen MR) is 72.1 cm³/mol. The van der Waals surface area contributed by atoms with Crippen molar-refractivity contribution in [2.75, 3.05) is 5.75 Å². The van der Waals surface area contributed by atoms with Crippen LogP contribution in [0, 0.1) is 11.6 Å². The summed E-state index contributed by atoms with van der Waals surface area (Å²) in [7, 11) is -4.25. The number of Topliss-reactive ketones (excluding diaryl/α,β-unsaturated/α-hetero) is 1. The van der Waals surface area contributed by atoms with Crippen molar-refractivity contribution >= 4 is 38.6 Å². The zero-order valence-corrected chi connectivity index (χ0v) is 12.2. The van der Waals surface area contributed by atoms with Crippen molar-refractivity contribution in [3.8, 4) is 0 Å². The highest BCUT2D eigenvalue weighted by Gasteiger charge is 2.25. The lowest BCUT2D eigenvalue weighted by atomic mass is 10.3. The highest BCUT2D eigenvalue weighted by Crippen LogP contribution is 2.24. The van der Waals surface area contributed by atoms with Crippen LogP contribution in [0.5, 0.6) is 0 Å². The van der Waals surface area contributed by atoms with E-state index in [9.17, 15) is 22.0 Å². The largest absolute Gasteiger partial charge is 0.292 e. The van der Waals surface area contributed by atoms with Crippen LogP contribution in [0.2, 0.25) is 4.34 Å². The molecule has 0 amide bonds. The number of thiophene rings is 1. The first kappa shape index (κ1) is 15.1. The molecule has 0 saturated carbocycles. The minimum atomic E-state index is -4.25. The fourth-order valence-corrected chi connectivity index (χ4v) is 3.89. The number of carbonyl (C=O) groups excluding carboxylic acids is 1. The van der Waals surface area contributed by atoms with Crippen LogP contribution < -0.4 is 0 Å². The van der Waals surface area contributed by atoms with Gasteiger partial charge in [-0.3, -0.25) is 4.79 Å². The Morgan fingerprint density at radius 2 is 1.90 bits per heavy atom. The third kappa shape index (κ3) is 3.23. The lowest BCUT2D eigenvalue weighted by Crippen LogP contribution is -2.17. The third-order valence-corrected chi connectivity index (χ3v) is 5.29. The lowest BCUT2D eigenvalue weighted by Gasteiger charge is -2.04. The minimum Gasteiger partial charge on any atom is -0.292 e. The number of ketones is 1. The van der Waals surface area contributed by atoms with E-state index >= 15 is 0 Å². The van der Waals surface area contributed by atoms with E-state index in [1.165, 1.54) is 12.1 Å². The van der Waals surface area contributed by atoms with Crippen molar-refractivity contribution in [2.24, 2.45) is 0 Å². The molecule has 1 aromatic carbocycles. The highest BCUT2D eigenvalue weighted by molar-refractivity contribution is 7.92. The van der Waals surface area contributed by atoms with Gasteiger partial charge >= 0.3 is 0 Å². The standard InChI is InChI=1S/C12H7ClF2O3S2/c13-12-4-3-10(19-12)9(16)6-20(17,18)11-5-7(14)1-2-8(11)15/h1-5H,6H2. The Morgan fingerprint density at radius 3 is 2.50 bits per heavy atom. The molecule has 0 fully saturated rings. The van der Waals surface area contributed by atoms with Gasteiger partial charge in [0, 0.05) is 0 Å². The van der Waals surface area contributed by atoms with Gasteiger partial charge in [0.05, 0.1) is 9.21 Å². The molecule has 2 rings (SSSR count). The van der Waals surface area contributed by atoms with Crippen molar-refractivity contribution in [3.63, 3.8) is 0 Å². The van der Waals surface area contributed by atoms with E-state index in [1.54, 1.807) is 0 Å². The monoisotopic (exact) mass is 336 g/mol. The van der Waals surface area contributed by atoms with Gasteiger partial charge < -0.3 is 0 Å². The van der Waals surface area contributed by atoms with Crippen molar-refractivity contribution < 1.29 is 22.0 Å². The van der Waals surface area contributed by atoms with Crippen LogP contribution in [0.15, 0.2) is 35.2 Å². The van der Waals surface area contributed by atoms with E-state index in [4.69, 9.17) is 11.6 Å². The number of benzene rings is 1. The first-order chi connectivity index (χ1) is 9.29. The van der Waals surface area contributed by atoms with Crippen molar-refractivity contribution in [3.05, 3.63) is 51.2 Å². The number of halogens is 3. The van der Waals surface area contributed by atoms with Gasteiger partial charge in [0.15, 0.2) is 15.6 Å². The molecule has 0 N–H and O–H groups in total. The molecular weight excluding hydrogens is 330 g/mol. The molecule has 0 aliphatic rings. The highest BCUT2D eigenvalue weighted by atomic mass is 35.5. The second kappa shape index (κ2) is 5.59. The van der Waals surface area contributed by atoms with Gasteiger partial charge in [-0.05, 0) is 30.3 Å². The van der Waals surface area contributed by atoms with E-state index in [2.05, 4.69) is 0 Å². The maximum absolute atomic E-state index is 13.4. The van der Waals surface area contributed by atoms with Crippen LogP contribution in [0.4, 0.5) is 8.78 Å². The summed E-state index contributed by atoms with van der Waals surface area (Å²) in [6, 6.07) is 4.89. The molecule has 0 atom stereocenters. The Kier molecular flexibility index (Phi) is 4.22. The van der Waals surface area contributed by atoms with Crippen LogP contribution in [0.1, 0.15) is 9.67 Å². The van der Waals surface area contributed by atoms with E-state index < -0.39 is 37.9 Å². The summed E-state index contributed by atoms with van der Waals surface area (Å²) in [6.45, 7) is 0. The fraction of sp³-hybridized carbons (Fsp3) is 0.0833. The summed E-state index contributed by atoms with van der Waals surface area (Å²) in [5.41, 5.74) is 0. The smallest absolute Gasteiger partial charge is 0.188 e. The Morgan fingerprint density at radius 1 is 1.20 bits per heavy atom. The van der Waals surface area contributed by atoms with Crippen molar-refractivity contribution in [2.45, 2.75) is 4.90 Å².